The molecule has 0 bridgehead atoms. The van der Waals surface area contributed by atoms with Crippen molar-refractivity contribution in [1.82, 2.24) is 4.90 Å². The minimum absolute atomic E-state index is 0.233. The molecule has 3 aromatic carbocycles. The molecule has 1 N–H and O–H groups in total. The summed E-state index contributed by atoms with van der Waals surface area (Å²) in [5.41, 5.74) is 7.15. The number of aryl methyl sites for hydroxylation is 2. The van der Waals surface area contributed by atoms with Crippen molar-refractivity contribution in [1.29, 1.82) is 0 Å². The summed E-state index contributed by atoms with van der Waals surface area (Å²) in [5.74, 6) is -0.810. The Morgan fingerprint density at radius 3 is 2.50 bits per heavy atom. The number of benzene rings is 3. The van der Waals surface area contributed by atoms with Crippen molar-refractivity contribution < 1.29 is 18.7 Å². The number of aromatic carboxylic acids is 1. The molecule has 3 aromatic rings. The largest absolute Gasteiger partial charge is 0.478 e. The highest BCUT2D eigenvalue weighted by Crippen LogP contribution is 2.43. The van der Waals surface area contributed by atoms with E-state index < -0.39 is 5.97 Å². The van der Waals surface area contributed by atoms with Crippen LogP contribution < -0.4 is 0 Å². The van der Waals surface area contributed by atoms with Gasteiger partial charge in [-0.2, -0.15) is 0 Å². The van der Waals surface area contributed by atoms with Gasteiger partial charge in [0.25, 0.3) is 0 Å². The van der Waals surface area contributed by atoms with Crippen LogP contribution in [0.15, 0.2) is 54.6 Å². The summed E-state index contributed by atoms with van der Waals surface area (Å²) in [6.07, 6.45) is 3.56. The SMILES string of the molecule is Cc1ccc(C2=C(c3ccc(CC4CN(CCCF)C4)cc3F)c3ccc(C(=O)O)cc3CCC2)c(Cl)c1. The Labute approximate surface area is 227 Å². The molecule has 1 aliphatic heterocycles. The standard InChI is InChI=1S/C32H32ClF2NO2/c1-20-6-9-26(29(33)14-20)27-5-2-4-23-17-24(32(37)38)8-11-25(23)31(27)28-10-7-21(16-30(28)35)15-22-18-36(19-22)13-3-12-34/h6-11,14,16-17,22H,2-5,12-13,15,18-19H2,1H3,(H,37,38). The maximum absolute atomic E-state index is 15.9. The van der Waals surface area contributed by atoms with Crippen LogP contribution in [0, 0.1) is 18.7 Å². The van der Waals surface area contributed by atoms with Gasteiger partial charge in [-0.05, 0) is 108 Å². The van der Waals surface area contributed by atoms with Gasteiger partial charge < -0.3 is 10.0 Å². The second kappa shape index (κ2) is 11.4. The molecular formula is C32H32ClF2NO2. The number of likely N-dealkylation sites (tertiary alicyclic amines) is 1. The van der Waals surface area contributed by atoms with E-state index in [1.165, 1.54) is 0 Å². The molecule has 0 aromatic heterocycles. The number of alkyl halides is 1. The summed E-state index contributed by atoms with van der Waals surface area (Å²) in [4.78, 5) is 13.9. The second-order valence-corrected chi connectivity index (χ2v) is 11.0. The summed E-state index contributed by atoms with van der Waals surface area (Å²) < 4.78 is 28.4. The second-order valence-electron chi connectivity index (χ2n) is 10.6. The van der Waals surface area contributed by atoms with E-state index in [-0.39, 0.29) is 18.1 Å². The van der Waals surface area contributed by atoms with E-state index in [0.29, 0.717) is 35.8 Å². The number of rotatable bonds is 8. The smallest absolute Gasteiger partial charge is 0.335 e. The minimum atomic E-state index is -0.973. The van der Waals surface area contributed by atoms with Crippen LogP contribution in [0.5, 0.6) is 0 Å². The molecule has 0 spiro atoms. The summed E-state index contributed by atoms with van der Waals surface area (Å²) >= 11 is 6.72. The maximum Gasteiger partial charge on any atom is 0.335 e. The first-order valence-electron chi connectivity index (χ1n) is 13.3. The summed E-state index contributed by atoms with van der Waals surface area (Å²) in [6.45, 7) is 4.32. The third-order valence-electron chi connectivity index (χ3n) is 7.71. The molecule has 38 heavy (non-hydrogen) atoms. The normalized spacial score (nSPS) is 16.2. The predicted octanol–water partition coefficient (Wildman–Crippen LogP) is 7.62. The van der Waals surface area contributed by atoms with Gasteiger partial charge in [-0.1, -0.05) is 41.9 Å². The fraction of sp³-hybridized carbons (Fsp3) is 0.344. The zero-order valence-corrected chi connectivity index (χ0v) is 22.3. The lowest BCUT2D eigenvalue weighted by Gasteiger charge is -2.39. The lowest BCUT2D eigenvalue weighted by atomic mass is 9.85. The van der Waals surface area contributed by atoms with Gasteiger partial charge in [0.2, 0.25) is 0 Å². The zero-order chi connectivity index (χ0) is 26.8. The highest BCUT2D eigenvalue weighted by Gasteiger charge is 2.28. The molecule has 1 aliphatic carbocycles. The van der Waals surface area contributed by atoms with Crippen molar-refractivity contribution >= 4 is 28.7 Å². The van der Waals surface area contributed by atoms with E-state index in [9.17, 15) is 14.3 Å². The fourth-order valence-corrected chi connectivity index (χ4v) is 6.21. The van der Waals surface area contributed by atoms with Crippen molar-refractivity contribution in [3.63, 3.8) is 0 Å². The average Bonchev–Trinajstić information content (AvgIpc) is 3.04. The quantitative estimate of drug-likeness (QED) is 0.322. The summed E-state index contributed by atoms with van der Waals surface area (Å²) in [6, 6.07) is 16.6. The van der Waals surface area contributed by atoms with Gasteiger partial charge >= 0.3 is 5.97 Å². The first-order valence-corrected chi connectivity index (χ1v) is 13.6. The number of carbonyl (C=O) groups is 1. The molecule has 1 fully saturated rings. The zero-order valence-electron chi connectivity index (χ0n) is 21.6. The number of carboxylic acid groups (broad SMARTS) is 1. The van der Waals surface area contributed by atoms with Crippen LogP contribution in [-0.4, -0.2) is 42.3 Å². The van der Waals surface area contributed by atoms with Crippen LogP contribution in [-0.2, 0) is 12.8 Å². The van der Waals surface area contributed by atoms with Crippen molar-refractivity contribution in [3.8, 4) is 0 Å². The van der Waals surface area contributed by atoms with Gasteiger partial charge in [0.05, 0.1) is 12.2 Å². The molecule has 3 nitrogen and oxygen atoms in total. The molecule has 0 amide bonds. The lowest BCUT2D eigenvalue weighted by molar-refractivity contribution is 0.0696. The Hall–Kier alpha value is -3.02. The Bertz CT molecular complexity index is 1390. The Morgan fingerprint density at radius 1 is 1.03 bits per heavy atom. The van der Waals surface area contributed by atoms with Crippen LogP contribution in [0.1, 0.15) is 63.0 Å². The first-order chi connectivity index (χ1) is 18.3. The highest BCUT2D eigenvalue weighted by molar-refractivity contribution is 6.33. The van der Waals surface area contributed by atoms with E-state index in [2.05, 4.69) is 4.90 Å². The van der Waals surface area contributed by atoms with Crippen LogP contribution in [0.25, 0.3) is 11.1 Å². The Morgan fingerprint density at radius 2 is 1.79 bits per heavy atom. The highest BCUT2D eigenvalue weighted by atomic mass is 35.5. The molecule has 0 atom stereocenters. The van der Waals surface area contributed by atoms with Gasteiger partial charge in [0.1, 0.15) is 5.82 Å². The van der Waals surface area contributed by atoms with Gasteiger partial charge in [-0.15, -0.1) is 0 Å². The maximum atomic E-state index is 15.9. The number of carboxylic acids is 1. The van der Waals surface area contributed by atoms with Crippen LogP contribution in [0.4, 0.5) is 8.78 Å². The number of allylic oxidation sites excluding steroid dienone is 1. The van der Waals surface area contributed by atoms with Crippen molar-refractivity contribution in [2.75, 3.05) is 26.3 Å². The summed E-state index contributed by atoms with van der Waals surface area (Å²) in [7, 11) is 0. The van der Waals surface area contributed by atoms with E-state index in [0.717, 1.165) is 71.4 Å². The van der Waals surface area contributed by atoms with Crippen LogP contribution in [0.2, 0.25) is 5.02 Å². The van der Waals surface area contributed by atoms with Crippen molar-refractivity contribution in [3.05, 3.63) is 104 Å². The third-order valence-corrected chi connectivity index (χ3v) is 8.03. The first kappa shape index (κ1) is 26.6. The number of hydrogen-bond donors (Lipinski definition) is 1. The topological polar surface area (TPSA) is 40.5 Å². The molecule has 0 radical (unpaired) electrons. The average molecular weight is 536 g/mol. The van der Waals surface area contributed by atoms with Crippen LogP contribution >= 0.6 is 11.6 Å². The fourth-order valence-electron chi connectivity index (χ4n) is 5.86. The number of nitrogens with zero attached hydrogens (tertiary/aromatic N) is 1. The predicted molar refractivity (Wildman–Crippen MR) is 149 cm³/mol. The summed E-state index contributed by atoms with van der Waals surface area (Å²) in [5, 5.41) is 10.2. The minimum Gasteiger partial charge on any atom is -0.478 e. The lowest BCUT2D eigenvalue weighted by Crippen LogP contribution is -2.47. The van der Waals surface area contributed by atoms with Gasteiger partial charge in [0.15, 0.2) is 0 Å². The molecule has 0 saturated carbocycles. The Kier molecular flexibility index (Phi) is 7.96. The number of halogens is 3. The molecule has 6 heteroatoms. The molecule has 198 valence electrons. The number of fused-ring (bicyclic) bond motifs is 1. The van der Waals surface area contributed by atoms with Gasteiger partial charge in [-0.25, -0.2) is 9.18 Å². The molecule has 1 heterocycles. The van der Waals surface area contributed by atoms with Crippen molar-refractivity contribution in [2.24, 2.45) is 5.92 Å². The molecule has 1 saturated heterocycles. The monoisotopic (exact) mass is 535 g/mol. The van der Waals surface area contributed by atoms with Crippen LogP contribution in [0.3, 0.4) is 0 Å². The molecule has 2 aliphatic rings. The Balaban J connectivity index is 1.55. The van der Waals surface area contributed by atoms with E-state index in [4.69, 9.17) is 11.6 Å². The van der Waals surface area contributed by atoms with E-state index in [1.54, 1.807) is 18.2 Å². The van der Waals surface area contributed by atoms with Crippen molar-refractivity contribution in [2.45, 2.75) is 39.0 Å². The molecule has 0 unspecified atom stereocenters. The number of hydrogen-bond acceptors (Lipinski definition) is 2. The molecular weight excluding hydrogens is 504 g/mol. The molecule has 5 rings (SSSR count). The van der Waals surface area contributed by atoms with E-state index >= 15 is 4.39 Å². The van der Waals surface area contributed by atoms with Gasteiger partial charge in [0, 0.05) is 30.2 Å². The third kappa shape index (κ3) is 5.55. The van der Waals surface area contributed by atoms with Gasteiger partial charge in [-0.3, -0.25) is 4.39 Å². The van der Waals surface area contributed by atoms with E-state index in [1.807, 2.05) is 43.3 Å².